The number of carbonyl (C=O) groups is 2. The van der Waals surface area contributed by atoms with Crippen molar-refractivity contribution in [2.24, 2.45) is 7.05 Å². The molecule has 0 fully saturated rings. The van der Waals surface area contributed by atoms with Crippen LogP contribution in [0.15, 0.2) is 47.3 Å². The molecule has 0 spiro atoms. The SMILES string of the molecule is Cn1nc(C(=O)N(CCCC(=O)O)Cc2ccccc2)ccc1=O. The summed E-state index contributed by atoms with van der Waals surface area (Å²) in [5, 5.41) is 12.8. The fourth-order valence-electron chi connectivity index (χ4n) is 2.26. The molecule has 7 heteroatoms. The van der Waals surface area contributed by atoms with Crippen molar-refractivity contribution in [3.8, 4) is 0 Å². The largest absolute Gasteiger partial charge is 0.481 e. The summed E-state index contributed by atoms with van der Waals surface area (Å²) in [6, 6.07) is 12.1. The van der Waals surface area contributed by atoms with Crippen LogP contribution in [0.3, 0.4) is 0 Å². The maximum atomic E-state index is 12.7. The molecule has 0 aliphatic heterocycles. The summed E-state index contributed by atoms with van der Waals surface area (Å²) in [4.78, 5) is 36.4. The Kier molecular flexibility index (Phi) is 5.83. The van der Waals surface area contributed by atoms with Gasteiger partial charge in [-0.15, -0.1) is 0 Å². The normalized spacial score (nSPS) is 10.4. The van der Waals surface area contributed by atoms with Crippen molar-refractivity contribution in [1.29, 1.82) is 0 Å². The van der Waals surface area contributed by atoms with Gasteiger partial charge in [-0.3, -0.25) is 14.4 Å². The molecule has 1 aromatic carbocycles. The Labute approximate surface area is 139 Å². The minimum atomic E-state index is -0.901. The van der Waals surface area contributed by atoms with Crippen LogP contribution in [0.5, 0.6) is 0 Å². The first kappa shape index (κ1) is 17.4. The number of aromatic nitrogens is 2. The van der Waals surface area contributed by atoms with Gasteiger partial charge in [-0.2, -0.15) is 5.10 Å². The van der Waals surface area contributed by atoms with Crippen LogP contribution in [0.2, 0.25) is 0 Å². The van der Waals surface area contributed by atoms with E-state index in [1.807, 2.05) is 30.3 Å². The van der Waals surface area contributed by atoms with Gasteiger partial charge >= 0.3 is 5.97 Å². The van der Waals surface area contributed by atoms with Crippen molar-refractivity contribution in [1.82, 2.24) is 14.7 Å². The predicted octanol–water partition coefficient (Wildman–Crippen LogP) is 1.29. The number of carboxylic acid groups (broad SMARTS) is 1. The van der Waals surface area contributed by atoms with Gasteiger partial charge in [-0.25, -0.2) is 4.68 Å². The van der Waals surface area contributed by atoms with E-state index in [1.165, 1.54) is 19.2 Å². The molecule has 1 heterocycles. The molecule has 0 unspecified atom stereocenters. The molecule has 2 rings (SSSR count). The number of nitrogens with zero attached hydrogens (tertiary/aromatic N) is 3. The lowest BCUT2D eigenvalue weighted by molar-refractivity contribution is -0.137. The lowest BCUT2D eigenvalue weighted by Gasteiger charge is -2.22. The second-order valence-electron chi connectivity index (χ2n) is 5.39. The third-order valence-electron chi connectivity index (χ3n) is 3.50. The number of rotatable bonds is 7. The highest BCUT2D eigenvalue weighted by molar-refractivity contribution is 5.92. The molecule has 0 aliphatic rings. The smallest absolute Gasteiger partial charge is 0.303 e. The van der Waals surface area contributed by atoms with Crippen LogP contribution in [0.1, 0.15) is 28.9 Å². The van der Waals surface area contributed by atoms with E-state index >= 15 is 0 Å². The average Bonchev–Trinajstić information content (AvgIpc) is 2.56. The van der Waals surface area contributed by atoms with Crippen LogP contribution < -0.4 is 5.56 Å². The number of carbonyl (C=O) groups excluding carboxylic acids is 1. The lowest BCUT2D eigenvalue weighted by atomic mass is 10.2. The zero-order valence-corrected chi connectivity index (χ0v) is 13.4. The van der Waals surface area contributed by atoms with Crippen molar-refractivity contribution in [3.05, 3.63) is 64.1 Å². The highest BCUT2D eigenvalue weighted by Crippen LogP contribution is 2.09. The van der Waals surface area contributed by atoms with Crippen molar-refractivity contribution in [2.75, 3.05) is 6.54 Å². The second-order valence-corrected chi connectivity index (χ2v) is 5.39. The molecule has 7 nitrogen and oxygen atoms in total. The third-order valence-corrected chi connectivity index (χ3v) is 3.50. The molecule has 1 amide bonds. The van der Waals surface area contributed by atoms with E-state index in [9.17, 15) is 14.4 Å². The maximum absolute atomic E-state index is 12.7. The summed E-state index contributed by atoms with van der Waals surface area (Å²) in [6.07, 6.45) is 0.332. The minimum Gasteiger partial charge on any atom is -0.481 e. The van der Waals surface area contributed by atoms with Crippen molar-refractivity contribution >= 4 is 11.9 Å². The molecule has 0 bridgehead atoms. The highest BCUT2D eigenvalue weighted by Gasteiger charge is 2.18. The van der Waals surface area contributed by atoms with E-state index in [0.717, 1.165) is 10.2 Å². The molecule has 126 valence electrons. The fourth-order valence-corrected chi connectivity index (χ4v) is 2.26. The Balaban J connectivity index is 2.19. The van der Waals surface area contributed by atoms with Crippen molar-refractivity contribution < 1.29 is 14.7 Å². The minimum absolute atomic E-state index is 0.0146. The molecule has 0 saturated heterocycles. The van der Waals surface area contributed by atoms with E-state index < -0.39 is 5.97 Å². The van der Waals surface area contributed by atoms with Crippen LogP contribution in [0, 0.1) is 0 Å². The molecule has 0 atom stereocenters. The molecular weight excluding hydrogens is 310 g/mol. The molecular formula is C17H19N3O4. The topological polar surface area (TPSA) is 92.5 Å². The number of amides is 1. The van der Waals surface area contributed by atoms with Crippen molar-refractivity contribution in [2.45, 2.75) is 19.4 Å². The molecule has 24 heavy (non-hydrogen) atoms. The number of benzene rings is 1. The quantitative estimate of drug-likeness (QED) is 0.826. The molecule has 0 saturated carbocycles. The van der Waals surface area contributed by atoms with Crippen LogP contribution >= 0.6 is 0 Å². The van der Waals surface area contributed by atoms with Gasteiger partial charge in [0.25, 0.3) is 11.5 Å². The first-order chi connectivity index (χ1) is 11.5. The van der Waals surface area contributed by atoms with Gasteiger partial charge < -0.3 is 10.0 Å². The Hall–Kier alpha value is -2.96. The standard InChI is InChI=1S/C17H19N3O4/c1-19-15(21)10-9-14(18-19)17(24)20(11-5-8-16(22)23)12-13-6-3-2-4-7-13/h2-4,6-7,9-10H,5,8,11-12H2,1H3,(H,22,23). The van der Waals surface area contributed by atoms with Crippen LogP contribution in [-0.4, -0.2) is 38.2 Å². The Morgan fingerprint density at radius 2 is 1.88 bits per heavy atom. The van der Waals surface area contributed by atoms with Gasteiger partial charge in [-0.1, -0.05) is 30.3 Å². The number of carboxylic acids is 1. The maximum Gasteiger partial charge on any atom is 0.303 e. The highest BCUT2D eigenvalue weighted by atomic mass is 16.4. The van der Waals surface area contributed by atoms with Crippen LogP contribution in [-0.2, 0) is 18.4 Å². The number of aryl methyl sites for hydroxylation is 1. The van der Waals surface area contributed by atoms with Gasteiger partial charge in [0.2, 0.25) is 0 Å². The van der Waals surface area contributed by atoms with E-state index in [2.05, 4.69) is 5.10 Å². The summed E-state index contributed by atoms with van der Waals surface area (Å²) in [6.45, 7) is 0.647. The zero-order chi connectivity index (χ0) is 17.5. The molecule has 1 aromatic heterocycles. The Bertz CT molecular complexity index is 771. The van der Waals surface area contributed by atoms with Gasteiger partial charge in [0.15, 0.2) is 0 Å². The van der Waals surface area contributed by atoms with E-state index in [4.69, 9.17) is 5.11 Å². The van der Waals surface area contributed by atoms with Crippen LogP contribution in [0.25, 0.3) is 0 Å². The summed E-state index contributed by atoms with van der Waals surface area (Å²) in [7, 11) is 1.48. The Morgan fingerprint density at radius 3 is 2.50 bits per heavy atom. The Morgan fingerprint density at radius 1 is 1.17 bits per heavy atom. The monoisotopic (exact) mass is 329 g/mol. The summed E-state index contributed by atoms with van der Waals surface area (Å²) < 4.78 is 1.10. The van der Waals surface area contributed by atoms with Gasteiger partial charge in [0, 0.05) is 32.6 Å². The number of hydrogen-bond acceptors (Lipinski definition) is 4. The summed E-state index contributed by atoms with van der Waals surface area (Å²) >= 11 is 0. The lowest BCUT2D eigenvalue weighted by Crippen LogP contribution is -2.34. The second kappa shape index (κ2) is 8.05. The van der Waals surface area contributed by atoms with Crippen LogP contribution in [0.4, 0.5) is 0 Å². The summed E-state index contributed by atoms with van der Waals surface area (Å²) in [5.74, 6) is -1.23. The molecule has 0 aliphatic carbocycles. The van der Waals surface area contributed by atoms with Gasteiger partial charge in [-0.05, 0) is 18.1 Å². The van der Waals surface area contributed by atoms with Gasteiger partial charge in [0.05, 0.1) is 0 Å². The van der Waals surface area contributed by atoms with E-state index in [1.54, 1.807) is 4.90 Å². The van der Waals surface area contributed by atoms with E-state index in [0.29, 0.717) is 19.5 Å². The fraction of sp³-hybridized carbons (Fsp3) is 0.294. The molecule has 2 aromatic rings. The number of aliphatic carboxylic acids is 1. The summed E-state index contributed by atoms with van der Waals surface area (Å²) in [5.41, 5.74) is 0.793. The van der Waals surface area contributed by atoms with E-state index in [-0.39, 0.29) is 23.6 Å². The number of hydrogen-bond donors (Lipinski definition) is 1. The van der Waals surface area contributed by atoms with Crippen molar-refractivity contribution in [3.63, 3.8) is 0 Å². The zero-order valence-electron chi connectivity index (χ0n) is 13.4. The molecule has 1 N–H and O–H groups in total. The first-order valence-electron chi connectivity index (χ1n) is 7.56. The molecule has 0 radical (unpaired) electrons. The first-order valence-corrected chi connectivity index (χ1v) is 7.56. The predicted molar refractivity (Wildman–Crippen MR) is 87.5 cm³/mol. The van der Waals surface area contributed by atoms with Gasteiger partial charge in [0.1, 0.15) is 5.69 Å². The third kappa shape index (κ3) is 4.77. The average molecular weight is 329 g/mol.